The van der Waals surface area contributed by atoms with Gasteiger partial charge in [-0.2, -0.15) is 0 Å². The van der Waals surface area contributed by atoms with E-state index in [1.807, 2.05) is 37.3 Å². The number of phenolic OH excluding ortho intramolecular Hbond substituents is 1. The summed E-state index contributed by atoms with van der Waals surface area (Å²) in [6, 6.07) is 13.8. The van der Waals surface area contributed by atoms with Crippen molar-refractivity contribution in [3.05, 3.63) is 65.7 Å². The number of carbonyl (C=O) groups excluding carboxylic acids is 3. The van der Waals surface area contributed by atoms with Gasteiger partial charge in [-0.25, -0.2) is 4.79 Å². The summed E-state index contributed by atoms with van der Waals surface area (Å²) in [5.41, 5.74) is 0.708. The number of ether oxygens (including phenoxy) is 1. The number of hydrogen-bond donors (Lipinski definition) is 3. The van der Waals surface area contributed by atoms with Crippen molar-refractivity contribution in [1.29, 1.82) is 0 Å². The van der Waals surface area contributed by atoms with Crippen LogP contribution in [0.1, 0.15) is 58.2 Å². The van der Waals surface area contributed by atoms with Crippen LogP contribution in [0.5, 0.6) is 5.75 Å². The molecule has 188 valence electrons. The predicted molar refractivity (Wildman–Crippen MR) is 132 cm³/mol. The summed E-state index contributed by atoms with van der Waals surface area (Å²) in [6.45, 7) is 9.11. The van der Waals surface area contributed by atoms with Gasteiger partial charge in [0.2, 0.25) is 11.8 Å². The molecule has 8 heteroatoms. The van der Waals surface area contributed by atoms with E-state index in [9.17, 15) is 19.5 Å². The van der Waals surface area contributed by atoms with Crippen LogP contribution in [-0.4, -0.2) is 45.6 Å². The van der Waals surface area contributed by atoms with E-state index in [4.69, 9.17) is 4.74 Å². The van der Waals surface area contributed by atoms with Gasteiger partial charge in [0, 0.05) is 12.6 Å². The zero-order valence-corrected chi connectivity index (χ0v) is 20.9. The number of nitrogens with one attached hydrogen (secondary N) is 2. The summed E-state index contributed by atoms with van der Waals surface area (Å²) >= 11 is 0. The Balaban J connectivity index is 1.88. The first-order valence-electron chi connectivity index (χ1n) is 11.9. The third-order valence-electron chi connectivity index (χ3n) is 5.80. The van der Waals surface area contributed by atoms with Crippen LogP contribution in [0.4, 0.5) is 4.79 Å². The molecule has 2 aromatic rings. The molecule has 4 unspecified atom stereocenters. The molecule has 0 spiro atoms. The molecule has 0 aromatic heterocycles. The second-order valence-electron chi connectivity index (χ2n) is 10.1. The van der Waals surface area contributed by atoms with Crippen LogP contribution in [0.25, 0.3) is 0 Å². The lowest BCUT2D eigenvalue weighted by Gasteiger charge is -2.34. The molecule has 1 aliphatic carbocycles. The minimum atomic E-state index is -0.976. The zero-order valence-electron chi connectivity index (χ0n) is 20.9. The van der Waals surface area contributed by atoms with Crippen LogP contribution in [0.2, 0.25) is 0 Å². The van der Waals surface area contributed by atoms with Gasteiger partial charge in [-0.05, 0) is 63.3 Å². The van der Waals surface area contributed by atoms with E-state index < -0.39 is 29.7 Å². The first-order chi connectivity index (χ1) is 16.5. The van der Waals surface area contributed by atoms with Crippen molar-refractivity contribution in [3.8, 4) is 5.75 Å². The minimum absolute atomic E-state index is 0.000433. The maximum Gasteiger partial charge on any atom is 0.408 e. The molecule has 8 nitrogen and oxygen atoms in total. The first-order valence-corrected chi connectivity index (χ1v) is 11.9. The summed E-state index contributed by atoms with van der Waals surface area (Å²) in [4.78, 5) is 41.1. The zero-order chi connectivity index (χ0) is 25.8. The van der Waals surface area contributed by atoms with Crippen LogP contribution in [-0.2, 0) is 20.9 Å². The number of hydrogen-bond acceptors (Lipinski definition) is 5. The molecule has 1 saturated carbocycles. The van der Waals surface area contributed by atoms with Crippen LogP contribution in [0, 0.1) is 5.92 Å². The molecule has 4 atom stereocenters. The number of nitrogens with zero attached hydrogens (tertiary/aromatic N) is 1. The largest absolute Gasteiger partial charge is 0.508 e. The highest BCUT2D eigenvalue weighted by molar-refractivity contribution is 5.92. The van der Waals surface area contributed by atoms with Crippen molar-refractivity contribution < 1.29 is 24.2 Å². The van der Waals surface area contributed by atoms with Crippen molar-refractivity contribution in [2.75, 3.05) is 0 Å². The smallest absolute Gasteiger partial charge is 0.408 e. The van der Waals surface area contributed by atoms with E-state index in [1.54, 1.807) is 44.7 Å². The van der Waals surface area contributed by atoms with Crippen molar-refractivity contribution in [3.63, 3.8) is 0 Å². The molecule has 3 N–H and O–H groups in total. The van der Waals surface area contributed by atoms with Gasteiger partial charge in [0.05, 0.1) is 0 Å². The van der Waals surface area contributed by atoms with Crippen molar-refractivity contribution in [2.45, 2.75) is 71.3 Å². The Morgan fingerprint density at radius 3 is 2.34 bits per heavy atom. The number of amides is 3. The second kappa shape index (κ2) is 10.8. The molecule has 0 aliphatic heterocycles. The molecule has 35 heavy (non-hydrogen) atoms. The average Bonchev–Trinajstić information content (AvgIpc) is 3.50. The van der Waals surface area contributed by atoms with Gasteiger partial charge in [0.25, 0.3) is 0 Å². The molecule has 2 aromatic carbocycles. The summed E-state index contributed by atoms with van der Waals surface area (Å²) < 4.78 is 5.30. The molecule has 3 rings (SSSR count). The monoisotopic (exact) mass is 481 g/mol. The molecular formula is C27H35N3O5. The van der Waals surface area contributed by atoms with Crippen molar-refractivity contribution in [2.24, 2.45) is 5.92 Å². The molecule has 3 amide bonds. The van der Waals surface area contributed by atoms with Crippen LogP contribution in [0.3, 0.4) is 0 Å². The summed E-state index contributed by atoms with van der Waals surface area (Å²) in [5.74, 6) is -0.557. The van der Waals surface area contributed by atoms with E-state index in [1.165, 1.54) is 12.1 Å². The standard InChI is InChI=1S/C27H35N3O5/c1-17-14-22(17)30(25(33)18(2)29-26(34)35-27(3,4)5)23(20-12-9-13-21(31)15-20)24(32)28-16-19-10-7-6-8-11-19/h6-13,15,17-18,22-23,31H,14,16H2,1-5H3,(H,28,32)(H,29,34). The van der Waals surface area contributed by atoms with E-state index in [0.29, 0.717) is 12.1 Å². The molecule has 0 heterocycles. The Hall–Kier alpha value is -3.55. The number of phenols is 1. The highest BCUT2D eigenvalue weighted by atomic mass is 16.6. The van der Waals surface area contributed by atoms with Gasteiger partial charge in [-0.15, -0.1) is 0 Å². The Kier molecular flexibility index (Phi) is 8.04. The molecular weight excluding hydrogens is 446 g/mol. The maximum atomic E-state index is 13.7. The Bertz CT molecular complexity index is 1050. The lowest BCUT2D eigenvalue weighted by atomic mass is 10.0. The molecule has 0 bridgehead atoms. The van der Waals surface area contributed by atoms with Gasteiger partial charge >= 0.3 is 6.09 Å². The molecule has 0 saturated heterocycles. The van der Waals surface area contributed by atoms with Crippen molar-refractivity contribution >= 4 is 17.9 Å². The fourth-order valence-corrected chi connectivity index (χ4v) is 3.96. The maximum absolute atomic E-state index is 13.7. The van der Waals surface area contributed by atoms with E-state index in [0.717, 1.165) is 12.0 Å². The Morgan fingerprint density at radius 1 is 1.11 bits per heavy atom. The average molecular weight is 482 g/mol. The van der Waals surface area contributed by atoms with Gasteiger partial charge in [0.15, 0.2) is 0 Å². The highest BCUT2D eigenvalue weighted by Crippen LogP contribution is 2.41. The van der Waals surface area contributed by atoms with E-state index >= 15 is 0 Å². The SMILES string of the molecule is CC(NC(=O)OC(C)(C)C)C(=O)N(C(C(=O)NCc1ccccc1)c1cccc(O)c1)C1CC1C. The Labute approximate surface area is 206 Å². The van der Waals surface area contributed by atoms with Gasteiger partial charge in [-0.1, -0.05) is 49.4 Å². The highest BCUT2D eigenvalue weighted by Gasteiger charge is 2.47. The fourth-order valence-electron chi connectivity index (χ4n) is 3.96. The normalized spacial score (nSPS) is 18.7. The number of aromatic hydroxyl groups is 1. The van der Waals surface area contributed by atoms with Crippen LogP contribution < -0.4 is 10.6 Å². The van der Waals surface area contributed by atoms with Crippen molar-refractivity contribution in [1.82, 2.24) is 15.5 Å². The lowest BCUT2D eigenvalue weighted by molar-refractivity contribution is -0.143. The van der Waals surface area contributed by atoms with E-state index in [2.05, 4.69) is 10.6 Å². The number of benzene rings is 2. The van der Waals surface area contributed by atoms with Crippen LogP contribution in [0.15, 0.2) is 54.6 Å². The number of rotatable bonds is 8. The third kappa shape index (κ3) is 7.21. The van der Waals surface area contributed by atoms with Gasteiger partial charge in [0.1, 0.15) is 23.4 Å². The fraction of sp³-hybridized carbons (Fsp3) is 0.444. The summed E-state index contributed by atoms with van der Waals surface area (Å²) in [7, 11) is 0. The van der Waals surface area contributed by atoms with Gasteiger partial charge in [-0.3, -0.25) is 9.59 Å². The lowest BCUT2D eigenvalue weighted by Crippen LogP contribution is -2.53. The molecule has 0 radical (unpaired) electrons. The third-order valence-corrected chi connectivity index (χ3v) is 5.80. The molecule has 1 fully saturated rings. The molecule has 1 aliphatic rings. The topological polar surface area (TPSA) is 108 Å². The van der Waals surface area contributed by atoms with E-state index in [-0.39, 0.29) is 23.6 Å². The number of alkyl carbamates (subject to hydrolysis) is 1. The van der Waals surface area contributed by atoms with Gasteiger partial charge < -0.3 is 25.4 Å². The summed E-state index contributed by atoms with van der Waals surface area (Å²) in [6.07, 6.45) is 0.0381. The predicted octanol–water partition coefficient (Wildman–Crippen LogP) is 3.90. The van der Waals surface area contributed by atoms with Crippen LogP contribution >= 0.6 is 0 Å². The summed E-state index contributed by atoms with van der Waals surface area (Å²) in [5, 5.41) is 15.6. The Morgan fingerprint density at radius 2 is 1.77 bits per heavy atom. The quantitative estimate of drug-likeness (QED) is 0.530. The second-order valence-corrected chi connectivity index (χ2v) is 10.1. The number of carbonyl (C=O) groups is 3. The minimum Gasteiger partial charge on any atom is -0.508 e. The first kappa shape index (κ1) is 26.1.